The number of halogens is 5. The van der Waals surface area contributed by atoms with Crippen LogP contribution in [0, 0.1) is 0 Å². The van der Waals surface area contributed by atoms with Gasteiger partial charge in [-0.1, -0.05) is 58.0 Å². The quantitative estimate of drug-likeness (QED) is 0.380. The Morgan fingerprint density at radius 3 is 2.30 bits per heavy atom. The van der Waals surface area contributed by atoms with Crippen LogP contribution in [-0.2, 0) is 6.42 Å². The molecule has 2 aromatic heterocycles. The zero-order chi connectivity index (χ0) is 19.3. The average Bonchev–Trinajstić information content (AvgIpc) is 3.11. The van der Waals surface area contributed by atoms with Crippen molar-refractivity contribution in [2.75, 3.05) is 6.54 Å². The molecule has 27 heavy (non-hydrogen) atoms. The van der Waals surface area contributed by atoms with Crippen LogP contribution in [0.2, 0.25) is 25.1 Å². The molecule has 0 fully saturated rings. The number of fused-ring (bicyclic) bond motifs is 1. The lowest BCUT2D eigenvalue weighted by Gasteiger charge is -2.12. The van der Waals surface area contributed by atoms with Crippen molar-refractivity contribution in [3.8, 4) is 22.8 Å². The molecule has 0 saturated heterocycles. The standard InChI is InChI=1S/C17H9Cl5N4O/c18-11-10(12(19)14(21)15(22)13(11)20)16-23-3-2-8(26-16)9-5-6-7(25-9)1-4-24-17(6)27/h2-3,5,25H,1,4H2,(H,24,27). The molecular weight excluding hydrogens is 453 g/mol. The van der Waals surface area contributed by atoms with Crippen molar-refractivity contribution in [2.45, 2.75) is 6.42 Å². The summed E-state index contributed by atoms with van der Waals surface area (Å²) >= 11 is 30.9. The molecular formula is C17H9Cl5N4O. The molecule has 1 aliphatic heterocycles. The minimum absolute atomic E-state index is 0.0660. The van der Waals surface area contributed by atoms with E-state index in [4.69, 9.17) is 58.0 Å². The van der Waals surface area contributed by atoms with Gasteiger partial charge in [-0.2, -0.15) is 0 Å². The van der Waals surface area contributed by atoms with E-state index in [1.54, 1.807) is 18.3 Å². The van der Waals surface area contributed by atoms with E-state index in [0.717, 1.165) is 12.1 Å². The van der Waals surface area contributed by atoms with E-state index >= 15 is 0 Å². The lowest BCUT2D eigenvalue weighted by Crippen LogP contribution is -2.31. The third-order valence-corrected chi connectivity index (χ3v) is 6.45. The van der Waals surface area contributed by atoms with Gasteiger partial charge in [0.15, 0.2) is 5.82 Å². The topological polar surface area (TPSA) is 70.7 Å². The van der Waals surface area contributed by atoms with Gasteiger partial charge < -0.3 is 10.3 Å². The summed E-state index contributed by atoms with van der Waals surface area (Å²) in [6, 6.07) is 3.46. The average molecular weight is 463 g/mol. The number of nitrogens with zero attached hydrogens (tertiary/aromatic N) is 2. The lowest BCUT2D eigenvalue weighted by atomic mass is 10.1. The summed E-state index contributed by atoms with van der Waals surface area (Å²) < 4.78 is 0. The first-order chi connectivity index (χ1) is 12.9. The monoisotopic (exact) mass is 460 g/mol. The third kappa shape index (κ3) is 3.18. The smallest absolute Gasteiger partial charge is 0.253 e. The van der Waals surface area contributed by atoms with Crippen LogP contribution in [0.5, 0.6) is 0 Å². The zero-order valence-electron chi connectivity index (χ0n) is 13.3. The van der Waals surface area contributed by atoms with Crippen molar-refractivity contribution >= 4 is 63.9 Å². The Morgan fingerprint density at radius 2 is 1.63 bits per heavy atom. The molecule has 0 spiro atoms. The van der Waals surface area contributed by atoms with Gasteiger partial charge in [0.1, 0.15) is 0 Å². The molecule has 138 valence electrons. The second-order valence-corrected chi connectivity index (χ2v) is 7.68. The summed E-state index contributed by atoms with van der Waals surface area (Å²) in [5, 5.41) is 3.24. The third-order valence-electron chi connectivity index (χ3n) is 4.17. The fourth-order valence-corrected chi connectivity index (χ4v) is 4.17. The van der Waals surface area contributed by atoms with Crippen LogP contribution in [0.25, 0.3) is 22.8 Å². The summed E-state index contributed by atoms with van der Waals surface area (Å²) in [5.41, 5.74) is 3.00. The van der Waals surface area contributed by atoms with Gasteiger partial charge >= 0.3 is 0 Å². The maximum absolute atomic E-state index is 12.0. The van der Waals surface area contributed by atoms with E-state index in [9.17, 15) is 4.79 Å². The number of H-pyrrole nitrogens is 1. The SMILES string of the molecule is O=C1NCCc2[nH]c(-c3ccnc(-c4c(Cl)c(Cl)c(Cl)c(Cl)c4Cl)n3)cc21. The second-order valence-electron chi connectivity index (χ2n) is 5.79. The number of benzene rings is 1. The van der Waals surface area contributed by atoms with Gasteiger partial charge in [-0.3, -0.25) is 4.79 Å². The maximum Gasteiger partial charge on any atom is 0.253 e. The maximum atomic E-state index is 12.0. The van der Waals surface area contributed by atoms with Gasteiger partial charge in [0, 0.05) is 24.9 Å². The van der Waals surface area contributed by atoms with Crippen molar-refractivity contribution < 1.29 is 4.79 Å². The van der Waals surface area contributed by atoms with Gasteiger partial charge in [-0.15, -0.1) is 0 Å². The van der Waals surface area contributed by atoms with E-state index in [2.05, 4.69) is 20.3 Å². The molecule has 0 atom stereocenters. The minimum Gasteiger partial charge on any atom is -0.356 e. The molecule has 5 nitrogen and oxygen atoms in total. The van der Waals surface area contributed by atoms with E-state index < -0.39 is 0 Å². The van der Waals surface area contributed by atoms with Crippen molar-refractivity contribution in [3.05, 3.63) is 54.7 Å². The van der Waals surface area contributed by atoms with Crippen LogP contribution in [-0.4, -0.2) is 27.4 Å². The number of rotatable bonds is 2. The predicted molar refractivity (Wildman–Crippen MR) is 108 cm³/mol. The summed E-state index contributed by atoms with van der Waals surface area (Å²) in [7, 11) is 0. The number of nitrogens with one attached hydrogen (secondary N) is 2. The van der Waals surface area contributed by atoms with E-state index in [1.165, 1.54) is 0 Å². The summed E-state index contributed by atoms with van der Waals surface area (Å²) in [6.45, 7) is 0.591. The molecule has 1 amide bonds. The molecule has 0 aliphatic carbocycles. The zero-order valence-corrected chi connectivity index (χ0v) is 17.1. The van der Waals surface area contributed by atoms with E-state index in [0.29, 0.717) is 23.5 Å². The second kappa shape index (κ2) is 7.15. The van der Waals surface area contributed by atoms with Crippen LogP contribution in [0.1, 0.15) is 16.1 Å². The Hall–Kier alpha value is -1.50. The summed E-state index contributed by atoms with van der Waals surface area (Å²) in [4.78, 5) is 23.9. The van der Waals surface area contributed by atoms with Crippen molar-refractivity contribution in [2.24, 2.45) is 0 Å². The minimum atomic E-state index is -0.115. The largest absolute Gasteiger partial charge is 0.356 e. The van der Waals surface area contributed by atoms with Crippen molar-refractivity contribution in [1.82, 2.24) is 20.3 Å². The van der Waals surface area contributed by atoms with Crippen LogP contribution in [0.3, 0.4) is 0 Å². The van der Waals surface area contributed by atoms with E-state index in [-0.39, 0.29) is 42.4 Å². The number of carbonyl (C=O) groups is 1. The predicted octanol–water partition coefficient (Wildman–Crippen LogP) is 5.69. The Bertz CT molecular complexity index is 1070. The summed E-state index contributed by atoms with van der Waals surface area (Å²) in [5.74, 6) is 0.121. The van der Waals surface area contributed by atoms with Crippen LogP contribution < -0.4 is 5.32 Å². The molecule has 0 unspecified atom stereocenters. The highest BCUT2D eigenvalue weighted by Gasteiger charge is 2.24. The molecule has 0 saturated carbocycles. The van der Waals surface area contributed by atoms with Gasteiger partial charge in [0.25, 0.3) is 5.91 Å². The molecule has 1 aromatic carbocycles. The Kier molecular flexibility index (Phi) is 4.99. The molecule has 0 bridgehead atoms. The first-order valence-electron chi connectivity index (χ1n) is 7.73. The Balaban J connectivity index is 1.85. The molecule has 10 heteroatoms. The number of carbonyl (C=O) groups excluding carboxylic acids is 1. The molecule has 0 radical (unpaired) electrons. The normalized spacial score (nSPS) is 13.4. The van der Waals surface area contributed by atoms with Crippen LogP contribution in [0.15, 0.2) is 18.3 Å². The number of aromatic amines is 1. The number of hydrogen-bond acceptors (Lipinski definition) is 3. The molecule has 2 N–H and O–H groups in total. The van der Waals surface area contributed by atoms with Gasteiger partial charge in [-0.05, 0) is 12.1 Å². The first kappa shape index (κ1) is 18.8. The lowest BCUT2D eigenvalue weighted by molar-refractivity contribution is 0.0946. The summed E-state index contributed by atoms with van der Waals surface area (Å²) in [6.07, 6.45) is 2.28. The Morgan fingerprint density at radius 1 is 0.963 bits per heavy atom. The fourth-order valence-electron chi connectivity index (χ4n) is 2.86. The molecule has 1 aliphatic rings. The van der Waals surface area contributed by atoms with Gasteiger partial charge in [0.2, 0.25) is 0 Å². The van der Waals surface area contributed by atoms with E-state index in [1.807, 2.05) is 0 Å². The van der Waals surface area contributed by atoms with Crippen LogP contribution >= 0.6 is 58.0 Å². The number of hydrogen-bond donors (Lipinski definition) is 2. The van der Waals surface area contributed by atoms with Crippen molar-refractivity contribution in [1.29, 1.82) is 0 Å². The highest BCUT2D eigenvalue weighted by molar-refractivity contribution is 6.56. The van der Waals surface area contributed by atoms with Gasteiger partial charge in [-0.25, -0.2) is 9.97 Å². The van der Waals surface area contributed by atoms with Crippen LogP contribution in [0.4, 0.5) is 0 Å². The van der Waals surface area contributed by atoms with Gasteiger partial charge in [0.05, 0.1) is 47.6 Å². The van der Waals surface area contributed by atoms with Crippen molar-refractivity contribution in [3.63, 3.8) is 0 Å². The first-order valence-corrected chi connectivity index (χ1v) is 9.62. The molecule has 3 aromatic rings. The number of aromatic nitrogens is 3. The Labute approximate surface area is 179 Å². The fraction of sp³-hybridized carbons (Fsp3) is 0.118. The highest BCUT2D eigenvalue weighted by Crippen LogP contribution is 2.47. The molecule has 4 rings (SSSR count). The molecule has 3 heterocycles. The number of amides is 1. The highest BCUT2D eigenvalue weighted by atomic mass is 35.5.